The molecular weight excluding hydrogens is 405 g/mol. The minimum atomic E-state index is -0.461. The summed E-state index contributed by atoms with van der Waals surface area (Å²) in [6.07, 6.45) is 2.91. The predicted molar refractivity (Wildman–Crippen MR) is 115 cm³/mol. The van der Waals surface area contributed by atoms with Gasteiger partial charge in [0.2, 0.25) is 11.7 Å². The highest BCUT2D eigenvalue weighted by molar-refractivity contribution is 6.32. The second-order valence-electron chi connectivity index (χ2n) is 6.48. The number of fused-ring (bicyclic) bond motifs is 1. The van der Waals surface area contributed by atoms with Gasteiger partial charge in [0.1, 0.15) is 11.4 Å². The molecule has 0 radical (unpaired) electrons. The lowest BCUT2D eigenvalue weighted by atomic mass is 10.1. The number of ketones is 1. The smallest absolute Gasteiger partial charge is 0.248 e. The van der Waals surface area contributed by atoms with E-state index < -0.39 is 17.5 Å². The third-order valence-corrected chi connectivity index (χ3v) is 4.82. The molecule has 1 aromatic heterocycles. The molecule has 0 bridgehead atoms. The van der Waals surface area contributed by atoms with E-state index in [9.17, 15) is 14.0 Å². The monoisotopic (exact) mass is 419 g/mol. The maximum absolute atomic E-state index is 13.2. The summed E-state index contributed by atoms with van der Waals surface area (Å²) in [5.74, 6) is -1.39. The number of benzene rings is 3. The van der Waals surface area contributed by atoms with Crippen molar-refractivity contribution in [1.82, 2.24) is 0 Å². The molecule has 0 aliphatic rings. The topological polar surface area (TPSA) is 59.3 Å². The van der Waals surface area contributed by atoms with Crippen molar-refractivity contribution in [3.05, 3.63) is 107 Å². The Morgan fingerprint density at radius 3 is 2.40 bits per heavy atom. The van der Waals surface area contributed by atoms with Gasteiger partial charge in [-0.1, -0.05) is 41.9 Å². The largest absolute Gasteiger partial charge is 0.450 e. The molecule has 0 spiro atoms. The van der Waals surface area contributed by atoms with Crippen LogP contribution < -0.4 is 5.32 Å². The van der Waals surface area contributed by atoms with Crippen LogP contribution in [0.15, 0.2) is 83.3 Å². The molecule has 0 unspecified atom stereocenters. The van der Waals surface area contributed by atoms with Crippen molar-refractivity contribution in [2.24, 2.45) is 0 Å². The maximum atomic E-state index is 13.2. The third kappa shape index (κ3) is 4.02. The van der Waals surface area contributed by atoms with Crippen LogP contribution in [0.5, 0.6) is 0 Å². The fourth-order valence-electron chi connectivity index (χ4n) is 3.00. The molecule has 0 atom stereocenters. The zero-order valence-electron chi connectivity index (χ0n) is 15.6. The van der Waals surface area contributed by atoms with Crippen LogP contribution in [0.4, 0.5) is 10.1 Å². The Balaban J connectivity index is 1.68. The number of carbonyl (C=O) groups is 2. The molecule has 0 saturated carbocycles. The molecular formula is C24H15ClFNO3. The Morgan fingerprint density at radius 2 is 1.63 bits per heavy atom. The van der Waals surface area contributed by atoms with Gasteiger partial charge in [-0.15, -0.1) is 0 Å². The fraction of sp³-hybridized carbons (Fsp3) is 0. The first kappa shape index (κ1) is 19.6. The van der Waals surface area contributed by atoms with E-state index in [1.165, 1.54) is 30.3 Å². The molecule has 4 rings (SSSR count). The maximum Gasteiger partial charge on any atom is 0.248 e. The number of rotatable bonds is 5. The number of amides is 1. The van der Waals surface area contributed by atoms with Crippen molar-refractivity contribution in [3.63, 3.8) is 0 Å². The molecule has 4 nitrogen and oxygen atoms in total. The van der Waals surface area contributed by atoms with Gasteiger partial charge in [0.05, 0.1) is 5.69 Å². The zero-order valence-corrected chi connectivity index (χ0v) is 16.3. The van der Waals surface area contributed by atoms with Crippen molar-refractivity contribution in [2.45, 2.75) is 0 Å². The average molecular weight is 420 g/mol. The summed E-state index contributed by atoms with van der Waals surface area (Å²) in [5.41, 5.74) is 1.65. The summed E-state index contributed by atoms with van der Waals surface area (Å²) in [5, 5.41) is 3.83. The standard InChI is InChI=1S/C24H15ClFNO3/c25-19-7-3-1-5-15(19)11-14-21(28)27-22-18-6-2-4-8-20(18)30-24(22)23(29)16-9-12-17(26)13-10-16/h1-14H,(H,27,28). The first-order chi connectivity index (χ1) is 14.5. The number of hydrogen-bond acceptors (Lipinski definition) is 3. The Bertz CT molecular complexity index is 1280. The van der Waals surface area contributed by atoms with E-state index in [1.54, 1.807) is 48.5 Å². The molecule has 4 aromatic rings. The van der Waals surface area contributed by atoms with Crippen LogP contribution in [0.1, 0.15) is 21.7 Å². The molecule has 0 aliphatic carbocycles. The summed E-state index contributed by atoms with van der Waals surface area (Å²) >= 11 is 6.10. The molecule has 0 aliphatic heterocycles. The minimum absolute atomic E-state index is 0.0256. The van der Waals surface area contributed by atoms with Crippen molar-refractivity contribution < 1.29 is 18.4 Å². The molecule has 3 aromatic carbocycles. The predicted octanol–water partition coefficient (Wildman–Crippen LogP) is 6.11. The number of nitrogens with one attached hydrogen (secondary N) is 1. The summed E-state index contributed by atoms with van der Waals surface area (Å²) in [6.45, 7) is 0. The van der Waals surface area contributed by atoms with E-state index in [0.29, 0.717) is 21.6 Å². The van der Waals surface area contributed by atoms with Crippen LogP contribution >= 0.6 is 11.6 Å². The quantitative estimate of drug-likeness (QED) is 0.313. The molecule has 1 heterocycles. The van der Waals surface area contributed by atoms with Gasteiger partial charge in [0, 0.05) is 22.0 Å². The van der Waals surface area contributed by atoms with Crippen molar-refractivity contribution in [1.29, 1.82) is 0 Å². The van der Waals surface area contributed by atoms with Crippen LogP contribution in [0, 0.1) is 5.82 Å². The second-order valence-corrected chi connectivity index (χ2v) is 6.89. The first-order valence-corrected chi connectivity index (χ1v) is 9.46. The summed E-state index contributed by atoms with van der Waals surface area (Å²) in [4.78, 5) is 25.5. The van der Waals surface area contributed by atoms with E-state index >= 15 is 0 Å². The number of furan rings is 1. The lowest BCUT2D eigenvalue weighted by Crippen LogP contribution is -2.11. The summed E-state index contributed by atoms with van der Waals surface area (Å²) < 4.78 is 18.9. The van der Waals surface area contributed by atoms with E-state index in [2.05, 4.69) is 5.32 Å². The highest BCUT2D eigenvalue weighted by atomic mass is 35.5. The minimum Gasteiger partial charge on any atom is -0.450 e. The van der Waals surface area contributed by atoms with Gasteiger partial charge in [0.25, 0.3) is 0 Å². The molecule has 0 saturated heterocycles. The van der Waals surface area contributed by atoms with Gasteiger partial charge in [-0.2, -0.15) is 0 Å². The molecule has 30 heavy (non-hydrogen) atoms. The zero-order chi connectivity index (χ0) is 21.1. The fourth-order valence-corrected chi connectivity index (χ4v) is 3.20. The average Bonchev–Trinajstić information content (AvgIpc) is 3.11. The van der Waals surface area contributed by atoms with E-state index in [1.807, 2.05) is 6.07 Å². The molecule has 0 fully saturated rings. The summed E-state index contributed by atoms with van der Waals surface area (Å²) in [6, 6.07) is 19.2. The van der Waals surface area contributed by atoms with Crippen molar-refractivity contribution in [2.75, 3.05) is 5.32 Å². The third-order valence-electron chi connectivity index (χ3n) is 4.48. The normalized spacial score (nSPS) is 11.1. The first-order valence-electron chi connectivity index (χ1n) is 9.08. The number of halogens is 2. The molecule has 148 valence electrons. The van der Waals surface area contributed by atoms with E-state index in [-0.39, 0.29) is 17.0 Å². The van der Waals surface area contributed by atoms with Crippen molar-refractivity contribution in [3.8, 4) is 0 Å². The number of anilines is 1. The Kier molecular flexibility index (Phi) is 5.46. The van der Waals surface area contributed by atoms with Crippen LogP contribution in [0.3, 0.4) is 0 Å². The molecule has 1 N–H and O–H groups in total. The van der Waals surface area contributed by atoms with Crippen LogP contribution in [-0.4, -0.2) is 11.7 Å². The van der Waals surface area contributed by atoms with E-state index in [4.69, 9.17) is 16.0 Å². The van der Waals surface area contributed by atoms with Gasteiger partial charge in [-0.05, 0) is 54.1 Å². The highest BCUT2D eigenvalue weighted by Crippen LogP contribution is 2.32. The highest BCUT2D eigenvalue weighted by Gasteiger charge is 2.23. The Morgan fingerprint density at radius 1 is 0.933 bits per heavy atom. The van der Waals surface area contributed by atoms with Gasteiger partial charge in [-0.3, -0.25) is 9.59 Å². The second kappa shape index (κ2) is 8.35. The van der Waals surface area contributed by atoms with E-state index in [0.717, 1.165) is 0 Å². The van der Waals surface area contributed by atoms with Gasteiger partial charge in [0.15, 0.2) is 5.76 Å². The van der Waals surface area contributed by atoms with Gasteiger partial charge < -0.3 is 9.73 Å². The Hall–Kier alpha value is -3.70. The number of carbonyl (C=O) groups excluding carboxylic acids is 2. The van der Waals surface area contributed by atoms with Crippen LogP contribution in [-0.2, 0) is 4.79 Å². The number of hydrogen-bond donors (Lipinski definition) is 1. The Labute approximate surface area is 176 Å². The summed E-state index contributed by atoms with van der Waals surface area (Å²) in [7, 11) is 0. The van der Waals surface area contributed by atoms with Crippen LogP contribution in [0.2, 0.25) is 5.02 Å². The SMILES string of the molecule is O=C(C=Cc1ccccc1Cl)Nc1c(C(=O)c2ccc(F)cc2)oc2ccccc12. The lowest BCUT2D eigenvalue weighted by Gasteiger charge is -2.04. The van der Waals surface area contributed by atoms with Crippen molar-refractivity contribution >= 4 is 46.0 Å². The number of para-hydroxylation sites is 1. The lowest BCUT2D eigenvalue weighted by molar-refractivity contribution is -0.111. The molecule has 1 amide bonds. The van der Waals surface area contributed by atoms with Gasteiger partial charge >= 0.3 is 0 Å². The van der Waals surface area contributed by atoms with Gasteiger partial charge in [-0.25, -0.2) is 4.39 Å². The molecule has 6 heteroatoms. The van der Waals surface area contributed by atoms with Crippen LogP contribution in [0.25, 0.3) is 17.0 Å².